The molecule has 0 spiro atoms. The number of amides is 2. The van der Waals surface area contributed by atoms with Gasteiger partial charge in [-0.2, -0.15) is 12.6 Å². The van der Waals surface area contributed by atoms with Crippen molar-refractivity contribution in [1.82, 2.24) is 10.2 Å². The molecule has 0 bridgehead atoms. The Morgan fingerprint density at radius 2 is 1.83 bits per heavy atom. The molecule has 3 rings (SSSR count). The van der Waals surface area contributed by atoms with E-state index >= 15 is 0 Å². The lowest BCUT2D eigenvalue weighted by molar-refractivity contribution is -0.151. The van der Waals surface area contributed by atoms with Gasteiger partial charge in [-0.05, 0) is 30.5 Å². The van der Waals surface area contributed by atoms with E-state index in [-0.39, 0.29) is 12.5 Å². The second-order valence-corrected chi connectivity index (χ2v) is 7.57. The summed E-state index contributed by atoms with van der Waals surface area (Å²) >= 11 is 4.35. The van der Waals surface area contributed by atoms with E-state index < -0.39 is 29.3 Å². The first kappa shape index (κ1) is 20.7. The van der Waals surface area contributed by atoms with Crippen LogP contribution in [0.2, 0.25) is 0 Å². The number of benzene rings is 2. The highest BCUT2D eigenvalue weighted by Crippen LogP contribution is 2.25. The lowest BCUT2D eigenvalue weighted by atomic mass is 10.1. The van der Waals surface area contributed by atoms with Crippen LogP contribution in [0.1, 0.15) is 18.1 Å². The summed E-state index contributed by atoms with van der Waals surface area (Å²) in [6.45, 7) is 1.69. The Bertz CT molecular complexity index is 906. The maximum absolute atomic E-state index is 12.9. The Morgan fingerprint density at radius 3 is 2.52 bits per heavy atom. The van der Waals surface area contributed by atoms with Gasteiger partial charge in [0.25, 0.3) is 0 Å². The largest absolute Gasteiger partial charge is 0.478 e. The molecule has 0 saturated carbocycles. The Kier molecular flexibility index (Phi) is 6.43. The average Bonchev–Trinajstić information content (AvgIpc) is 2.72. The molecular weight excluding hydrogens is 390 g/mol. The summed E-state index contributed by atoms with van der Waals surface area (Å²) in [5.74, 6) is -2.02. The van der Waals surface area contributed by atoms with Crippen molar-refractivity contribution >= 4 is 36.1 Å². The normalized spacial score (nSPS) is 17.4. The number of carboxylic acids is 1. The number of anilines is 1. The molecule has 0 aliphatic carbocycles. The predicted octanol–water partition coefficient (Wildman–Crippen LogP) is 1.90. The van der Waals surface area contributed by atoms with E-state index in [1.54, 1.807) is 19.1 Å². The van der Waals surface area contributed by atoms with Gasteiger partial charge >= 0.3 is 5.97 Å². The third-order valence-corrected chi connectivity index (χ3v) is 5.20. The Balaban J connectivity index is 1.66. The van der Waals surface area contributed by atoms with Crippen LogP contribution in [0.5, 0.6) is 0 Å². The zero-order valence-corrected chi connectivity index (χ0v) is 16.8. The second-order valence-electron chi connectivity index (χ2n) is 6.94. The molecule has 2 amide bonds. The lowest BCUT2D eigenvalue weighted by Crippen LogP contribution is -2.57. The zero-order chi connectivity index (χ0) is 21.0. The molecule has 8 heteroatoms. The molecule has 152 valence electrons. The van der Waals surface area contributed by atoms with Crippen LogP contribution in [0.4, 0.5) is 5.69 Å². The van der Waals surface area contributed by atoms with E-state index in [2.05, 4.69) is 23.3 Å². The molecule has 29 heavy (non-hydrogen) atoms. The van der Waals surface area contributed by atoms with Gasteiger partial charge in [-0.1, -0.05) is 48.5 Å². The van der Waals surface area contributed by atoms with Crippen molar-refractivity contribution in [3.63, 3.8) is 0 Å². The summed E-state index contributed by atoms with van der Waals surface area (Å²) < 4.78 is 0. The smallest absolute Gasteiger partial charge is 0.347 e. The number of hydrogen-bond donors (Lipinski definition) is 4. The number of carbonyl (C=O) groups excluding carboxylic acids is 2. The van der Waals surface area contributed by atoms with Gasteiger partial charge in [0.05, 0.1) is 11.8 Å². The number of rotatable bonds is 6. The first-order valence-corrected chi connectivity index (χ1v) is 9.78. The van der Waals surface area contributed by atoms with E-state index in [1.165, 1.54) is 4.90 Å². The SMILES string of the molecule is C[C@H](NC(=O)[C@@H](S)Cc1ccccc1)C(=O)N1Cc2ccccc2NC1C(=O)O. The van der Waals surface area contributed by atoms with Crippen molar-refractivity contribution in [3.05, 3.63) is 65.7 Å². The topological polar surface area (TPSA) is 98.7 Å². The van der Waals surface area contributed by atoms with Crippen LogP contribution >= 0.6 is 12.6 Å². The number of aliphatic carboxylic acids is 1. The molecule has 0 fully saturated rings. The molecule has 0 saturated heterocycles. The molecule has 0 radical (unpaired) electrons. The van der Waals surface area contributed by atoms with Crippen molar-refractivity contribution < 1.29 is 19.5 Å². The summed E-state index contributed by atoms with van der Waals surface area (Å²) in [7, 11) is 0. The first-order chi connectivity index (χ1) is 13.9. The fourth-order valence-electron chi connectivity index (χ4n) is 3.25. The van der Waals surface area contributed by atoms with Crippen molar-refractivity contribution in [3.8, 4) is 0 Å². The van der Waals surface area contributed by atoms with Crippen LogP contribution < -0.4 is 10.6 Å². The molecule has 1 heterocycles. The third kappa shape index (κ3) is 4.89. The molecule has 2 aromatic carbocycles. The van der Waals surface area contributed by atoms with Crippen molar-refractivity contribution in [2.24, 2.45) is 0 Å². The zero-order valence-electron chi connectivity index (χ0n) is 15.9. The molecule has 3 atom stereocenters. The summed E-state index contributed by atoms with van der Waals surface area (Å²) in [6, 6.07) is 15.8. The highest BCUT2D eigenvalue weighted by Gasteiger charge is 2.36. The predicted molar refractivity (Wildman–Crippen MR) is 113 cm³/mol. The number of carboxylic acid groups (broad SMARTS) is 1. The van der Waals surface area contributed by atoms with Gasteiger partial charge in [-0.3, -0.25) is 9.59 Å². The van der Waals surface area contributed by atoms with Crippen LogP contribution in [0.25, 0.3) is 0 Å². The van der Waals surface area contributed by atoms with E-state index in [0.717, 1.165) is 11.1 Å². The number of carbonyl (C=O) groups is 3. The van der Waals surface area contributed by atoms with Crippen molar-refractivity contribution in [2.45, 2.75) is 37.3 Å². The van der Waals surface area contributed by atoms with E-state index in [4.69, 9.17) is 0 Å². The van der Waals surface area contributed by atoms with Gasteiger partial charge in [-0.25, -0.2) is 4.79 Å². The minimum Gasteiger partial charge on any atom is -0.478 e. The fourth-order valence-corrected chi connectivity index (χ4v) is 3.53. The number of hydrogen-bond acceptors (Lipinski definition) is 5. The molecule has 7 nitrogen and oxygen atoms in total. The third-order valence-electron chi connectivity index (χ3n) is 4.78. The highest BCUT2D eigenvalue weighted by atomic mass is 32.1. The quantitative estimate of drug-likeness (QED) is 0.542. The van der Waals surface area contributed by atoms with Crippen LogP contribution in [0.3, 0.4) is 0 Å². The number of nitrogens with one attached hydrogen (secondary N) is 2. The van der Waals surface area contributed by atoms with Gasteiger partial charge in [0.2, 0.25) is 18.0 Å². The van der Waals surface area contributed by atoms with Gasteiger partial charge in [0.15, 0.2) is 0 Å². The van der Waals surface area contributed by atoms with E-state index in [0.29, 0.717) is 12.1 Å². The fraction of sp³-hybridized carbons (Fsp3) is 0.286. The number of thiol groups is 1. The van der Waals surface area contributed by atoms with Gasteiger partial charge in [0, 0.05) is 5.69 Å². The summed E-state index contributed by atoms with van der Waals surface area (Å²) in [5.41, 5.74) is 2.45. The number of nitrogens with zero attached hydrogens (tertiary/aromatic N) is 1. The van der Waals surface area contributed by atoms with Crippen molar-refractivity contribution in [1.29, 1.82) is 0 Å². The minimum atomic E-state index is -1.20. The van der Waals surface area contributed by atoms with Crippen molar-refractivity contribution in [2.75, 3.05) is 5.32 Å². The lowest BCUT2D eigenvalue weighted by Gasteiger charge is -2.37. The maximum atomic E-state index is 12.9. The first-order valence-electron chi connectivity index (χ1n) is 9.27. The molecular formula is C21H23N3O4S. The maximum Gasteiger partial charge on any atom is 0.347 e. The second kappa shape index (κ2) is 9.00. The summed E-state index contributed by atoms with van der Waals surface area (Å²) in [5, 5.41) is 14.4. The molecule has 1 unspecified atom stereocenters. The van der Waals surface area contributed by atoms with Crippen LogP contribution in [-0.2, 0) is 27.3 Å². The molecule has 1 aliphatic heterocycles. The highest BCUT2D eigenvalue weighted by molar-refractivity contribution is 7.81. The van der Waals surface area contributed by atoms with Gasteiger partial charge < -0.3 is 20.6 Å². The Labute approximate surface area is 174 Å². The number of para-hydroxylation sites is 1. The molecule has 2 aromatic rings. The van der Waals surface area contributed by atoms with E-state index in [9.17, 15) is 19.5 Å². The Hall–Kier alpha value is -3.00. The summed E-state index contributed by atoms with van der Waals surface area (Å²) in [4.78, 5) is 38.3. The standard InChI is InChI=1S/C21H23N3O4S/c1-13(22-19(25)17(29)11-14-7-3-2-4-8-14)20(26)24-12-15-9-5-6-10-16(15)23-18(24)21(27)28/h2-10,13,17-18,23,29H,11-12H2,1H3,(H,22,25)(H,27,28)/t13-,17-,18?/m0/s1. The molecule has 3 N–H and O–H groups in total. The monoisotopic (exact) mass is 413 g/mol. The molecule has 1 aliphatic rings. The van der Waals surface area contributed by atoms with E-state index in [1.807, 2.05) is 42.5 Å². The van der Waals surface area contributed by atoms with Gasteiger partial charge in [0.1, 0.15) is 6.04 Å². The Morgan fingerprint density at radius 1 is 1.17 bits per heavy atom. The van der Waals surface area contributed by atoms with Crippen LogP contribution in [0.15, 0.2) is 54.6 Å². The van der Waals surface area contributed by atoms with Crippen LogP contribution in [0, 0.1) is 0 Å². The minimum absolute atomic E-state index is 0.146. The van der Waals surface area contributed by atoms with Crippen LogP contribution in [-0.4, -0.2) is 45.2 Å². The summed E-state index contributed by atoms with van der Waals surface area (Å²) in [6.07, 6.45) is -0.777. The number of fused-ring (bicyclic) bond motifs is 1. The average molecular weight is 413 g/mol. The molecule has 0 aromatic heterocycles. The van der Waals surface area contributed by atoms with Gasteiger partial charge in [-0.15, -0.1) is 0 Å².